The smallest absolute Gasteiger partial charge is 0.244 e. The molecule has 0 aromatic heterocycles. The van der Waals surface area contributed by atoms with Crippen molar-refractivity contribution in [3.63, 3.8) is 0 Å². The molecule has 2 N–H and O–H groups in total. The number of hydrogen-bond donors (Lipinski definition) is 1. The highest BCUT2D eigenvalue weighted by Gasteiger charge is 2.10. The second-order valence-corrected chi connectivity index (χ2v) is 8.90. The van der Waals surface area contributed by atoms with Gasteiger partial charge in [-0.15, -0.1) is 0 Å². The summed E-state index contributed by atoms with van der Waals surface area (Å²) >= 11 is 0. The number of primary amides is 1. The molecule has 0 spiro atoms. The van der Waals surface area contributed by atoms with Gasteiger partial charge in [0.2, 0.25) is 5.91 Å². The number of nitrogens with two attached hydrogens (primary N) is 1. The van der Waals surface area contributed by atoms with E-state index in [0.717, 1.165) is 57.2 Å². The molecule has 0 heterocycles. The summed E-state index contributed by atoms with van der Waals surface area (Å²) in [5, 5.41) is 0. The van der Waals surface area contributed by atoms with Crippen molar-refractivity contribution in [2.24, 2.45) is 5.73 Å². The first-order valence-corrected chi connectivity index (χ1v) is 13.0. The number of unbranched alkanes of at least 4 members (excludes halogenated alkanes) is 4. The first-order chi connectivity index (χ1) is 16.8. The van der Waals surface area contributed by atoms with E-state index < -0.39 is 5.91 Å². The quantitative estimate of drug-likeness (QED) is 0.0462. The van der Waals surface area contributed by atoms with Crippen LogP contribution in [0.5, 0.6) is 0 Å². The number of ether oxygens (including phenoxy) is 1. The molecule has 0 aromatic carbocycles. The lowest BCUT2D eigenvalue weighted by atomic mass is 10.0. The van der Waals surface area contributed by atoms with E-state index in [4.69, 9.17) is 30.0 Å². The van der Waals surface area contributed by atoms with Crippen molar-refractivity contribution in [3.05, 3.63) is 35.3 Å². The van der Waals surface area contributed by atoms with E-state index in [1.807, 2.05) is 21.0 Å². The zero-order chi connectivity index (χ0) is 26.3. The Morgan fingerprint density at radius 1 is 0.886 bits per heavy atom. The van der Waals surface area contributed by atoms with Crippen molar-refractivity contribution in [1.82, 2.24) is 4.90 Å². The highest BCUT2D eigenvalue weighted by atomic mass is 17.2. The van der Waals surface area contributed by atoms with E-state index in [2.05, 4.69) is 18.4 Å². The second-order valence-electron chi connectivity index (χ2n) is 8.90. The number of amides is 1. The first kappa shape index (κ1) is 33.1. The van der Waals surface area contributed by atoms with Gasteiger partial charge in [0.15, 0.2) is 5.76 Å². The number of hydrogen-bond acceptors (Lipinski definition) is 7. The summed E-state index contributed by atoms with van der Waals surface area (Å²) in [7, 11) is 4.04. The number of carbonyl (C=O) groups is 1. The normalized spacial score (nSPS) is 12.6. The van der Waals surface area contributed by atoms with Crippen LogP contribution < -0.4 is 5.73 Å². The monoisotopic (exact) mass is 498 g/mol. The van der Waals surface area contributed by atoms with Crippen LogP contribution in [-0.4, -0.2) is 57.9 Å². The van der Waals surface area contributed by atoms with Crippen LogP contribution in [0.4, 0.5) is 0 Å². The molecule has 0 fully saturated rings. The van der Waals surface area contributed by atoms with Crippen molar-refractivity contribution >= 4 is 5.91 Å². The molecule has 8 nitrogen and oxygen atoms in total. The zero-order valence-corrected chi connectivity index (χ0v) is 22.9. The summed E-state index contributed by atoms with van der Waals surface area (Å²) in [6.07, 6.45) is 11.8. The topological polar surface area (TPSA) is 92.5 Å². The molecule has 0 atom stereocenters. The predicted molar refractivity (Wildman–Crippen MR) is 140 cm³/mol. The molecule has 0 aliphatic rings. The molecule has 204 valence electrons. The minimum Gasteiger partial charge on any atom is -0.381 e. The number of nitrogens with zero attached hydrogens (tertiary/aromatic N) is 1. The molecule has 0 saturated carbocycles. The van der Waals surface area contributed by atoms with Crippen LogP contribution in [-0.2, 0) is 29.1 Å². The summed E-state index contributed by atoms with van der Waals surface area (Å²) < 4.78 is 5.76. The predicted octanol–water partition coefficient (Wildman–Crippen LogP) is 5.60. The van der Waals surface area contributed by atoms with E-state index in [-0.39, 0.29) is 13.2 Å². The average molecular weight is 499 g/mol. The van der Waals surface area contributed by atoms with Gasteiger partial charge in [-0.2, -0.15) is 9.78 Å². The maximum absolute atomic E-state index is 11.5. The fourth-order valence-electron chi connectivity index (χ4n) is 3.16. The average Bonchev–Trinajstić information content (AvgIpc) is 2.81. The molecule has 0 radical (unpaired) electrons. The molecule has 0 saturated heterocycles. The third-order valence-electron chi connectivity index (χ3n) is 5.31. The van der Waals surface area contributed by atoms with Gasteiger partial charge in [0.1, 0.15) is 19.0 Å². The van der Waals surface area contributed by atoms with Crippen LogP contribution in [0.25, 0.3) is 0 Å². The Kier molecular flexibility index (Phi) is 21.4. The van der Waals surface area contributed by atoms with Crippen molar-refractivity contribution in [3.8, 4) is 0 Å². The molecule has 0 rings (SSSR count). The van der Waals surface area contributed by atoms with Gasteiger partial charge in [-0.1, -0.05) is 46.1 Å². The molecule has 0 aliphatic heterocycles. The Hall–Kier alpha value is -1.87. The Labute approximate surface area is 213 Å². The van der Waals surface area contributed by atoms with E-state index in [0.29, 0.717) is 23.7 Å². The Morgan fingerprint density at radius 2 is 1.54 bits per heavy atom. The second kappa shape index (κ2) is 22.6. The molecule has 1 amide bonds. The molecule has 8 heteroatoms. The third-order valence-corrected chi connectivity index (χ3v) is 5.31. The summed E-state index contributed by atoms with van der Waals surface area (Å²) in [6, 6.07) is 0. The maximum Gasteiger partial charge on any atom is 0.244 e. The van der Waals surface area contributed by atoms with Crippen molar-refractivity contribution in [2.45, 2.75) is 85.0 Å². The highest BCUT2D eigenvalue weighted by molar-refractivity contribution is 5.91. The largest absolute Gasteiger partial charge is 0.381 e. The minimum absolute atomic E-state index is 0.149. The number of carbonyl (C=O) groups excluding carboxylic acids is 1. The summed E-state index contributed by atoms with van der Waals surface area (Å²) in [6.45, 7) is 12.5. The molecule has 0 bridgehead atoms. The van der Waals surface area contributed by atoms with Gasteiger partial charge >= 0.3 is 0 Å². The van der Waals surface area contributed by atoms with E-state index in [1.54, 1.807) is 13.0 Å². The molecular weight excluding hydrogens is 448 g/mol. The first-order valence-electron chi connectivity index (χ1n) is 13.0. The maximum atomic E-state index is 11.5. The minimum atomic E-state index is -0.502. The molecule has 0 unspecified atom stereocenters. The molecule has 35 heavy (non-hydrogen) atoms. The van der Waals surface area contributed by atoms with Gasteiger partial charge in [0.05, 0.1) is 0 Å². The summed E-state index contributed by atoms with van der Waals surface area (Å²) in [5.41, 5.74) is 6.83. The molecule has 0 aliphatic carbocycles. The third kappa shape index (κ3) is 20.1. The van der Waals surface area contributed by atoms with E-state index in [9.17, 15) is 4.79 Å². The van der Waals surface area contributed by atoms with Gasteiger partial charge in [-0.05, 0) is 71.3 Å². The molecular formula is C27H50N2O6. The zero-order valence-electron chi connectivity index (χ0n) is 22.9. The van der Waals surface area contributed by atoms with Crippen LogP contribution in [0.1, 0.15) is 85.0 Å². The summed E-state index contributed by atoms with van der Waals surface area (Å²) in [5.74, 6) is 0.569. The van der Waals surface area contributed by atoms with Gasteiger partial charge in [0, 0.05) is 25.2 Å². The SMILES string of the molecule is C=C(CCCN(C)C)OOCCOOC(/C=C(\C)C(N)=O)=C(/CC)CCCOCCCCCCC. The van der Waals surface area contributed by atoms with Crippen LogP contribution in [0.2, 0.25) is 0 Å². The lowest BCUT2D eigenvalue weighted by molar-refractivity contribution is -0.311. The van der Waals surface area contributed by atoms with Crippen LogP contribution in [0.3, 0.4) is 0 Å². The number of allylic oxidation sites excluding steroid dienone is 3. The molecule has 0 aromatic rings. The van der Waals surface area contributed by atoms with Gasteiger partial charge in [-0.25, -0.2) is 0 Å². The van der Waals surface area contributed by atoms with Crippen LogP contribution in [0.15, 0.2) is 35.3 Å². The summed E-state index contributed by atoms with van der Waals surface area (Å²) in [4.78, 5) is 34.8. The van der Waals surface area contributed by atoms with Gasteiger partial charge < -0.3 is 25.1 Å². The van der Waals surface area contributed by atoms with Crippen LogP contribution in [0, 0.1) is 0 Å². The van der Waals surface area contributed by atoms with E-state index in [1.165, 1.54) is 25.7 Å². The standard InChI is InChI=1S/C27H50N2O6/c1-7-9-10-11-12-18-31-19-14-16-25(8-2)26(22-23(3)27(28)30)35-33-21-20-32-34-24(4)15-13-17-29(5)6/h22H,4,7-21H2,1-3,5-6H3,(H2,28,30)/b23-22+,26-25-. The Morgan fingerprint density at radius 3 is 2.17 bits per heavy atom. The fraction of sp³-hybridized carbons (Fsp3) is 0.741. The lowest BCUT2D eigenvalue weighted by Crippen LogP contribution is -2.13. The highest BCUT2D eigenvalue weighted by Crippen LogP contribution is 2.19. The van der Waals surface area contributed by atoms with E-state index >= 15 is 0 Å². The van der Waals surface area contributed by atoms with Crippen molar-refractivity contribution < 1.29 is 29.1 Å². The van der Waals surface area contributed by atoms with Gasteiger partial charge in [-0.3, -0.25) is 4.79 Å². The van der Waals surface area contributed by atoms with Crippen molar-refractivity contribution in [2.75, 3.05) is 47.1 Å². The lowest BCUT2D eigenvalue weighted by Gasteiger charge is -2.13. The Bertz CT molecular complexity index is 631. The number of rotatable bonds is 24. The van der Waals surface area contributed by atoms with Crippen LogP contribution >= 0.6 is 0 Å². The fourth-order valence-corrected chi connectivity index (χ4v) is 3.16. The Balaban J connectivity index is 4.48. The van der Waals surface area contributed by atoms with Gasteiger partial charge in [0.25, 0.3) is 0 Å². The van der Waals surface area contributed by atoms with Crippen molar-refractivity contribution in [1.29, 1.82) is 0 Å².